The van der Waals surface area contributed by atoms with Crippen molar-refractivity contribution in [2.24, 2.45) is 0 Å². The molecule has 32 heavy (non-hydrogen) atoms. The van der Waals surface area contributed by atoms with Crippen LogP contribution in [0.15, 0.2) is 72.1 Å². The highest BCUT2D eigenvalue weighted by Gasteiger charge is 2.16. The average molecular weight is 452 g/mol. The molecule has 2 aromatic heterocycles. The predicted octanol–water partition coefficient (Wildman–Crippen LogP) is 1.95. The molecule has 0 unspecified atom stereocenters. The van der Waals surface area contributed by atoms with Crippen molar-refractivity contribution in [2.75, 3.05) is 16.6 Å². The molecular weight excluding hydrogens is 436 g/mol. The Hall–Kier alpha value is -4.32. The van der Waals surface area contributed by atoms with E-state index in [2.05, 4.69) is 30.0 Å². The minimum Gasteiger partial charge on any atom is -0.452 e. The smallest absolute Gasteiger partial charge is 0.338 e. The first-order chi connectivity index (χ1) is 15.4. The van der Waals surface area contributed by atoms with Gasteiger partial charge >= 0.3 is 5.97 Å². The van der Waals surface area contributed by atoms with E-state index in [-0.39, 0.29) is 16.4 Å². The molecule has 0 saturated heterocycles. The van der Waals surface area contributed by atoms with Crippen LogP contribution >= 0.6 is 0 Å². The molecule has 0 atom stereocenters. The van der Waals surface area contributed by atoms with Gasteiger partial charge in [-0.3, -0.25) is 4.79 Å². The van der Waals surface area contributed by atoms with Gasteiger partial charge in [0.15, 0.2) is 6.61 Å². The Balaban J connectivity index is 1.32. The van der Waals surface area contributed by atoms with Crippen molar-refractivity contribution >= 4 is 44.6 Å². The SMILES string of the molecule is O=C(COC(=O)c1ccc2nc[nH]c2c1)Nc1ccc(S(=O)(=O)Nc2ncccn2)cc1. The van der Waals surface area contributed by atoms with Crippen LogP contribution in [0.5, 0.6) is 0 Å². The number of hydrogen-bond acceptors (Lipinski definition) is 8. The molecule has 0 bridgehead atoms. The molecule has 0 saturated carbocycles. The van der Waals surface area contributed by atoms with E-state index in [9.17, 15) is 18.0 Å². The third-order valence-electron chi connectivity index (χ3n) is 4.23. The second-order valence-corrected chi connectivity index (χ2v) is 8.14. The summed E-state index contributed by atoms with van der Waals surface area (Å²) >= 11 is 0. The van der Waals surface area contributed by atoms with Crippen molar-refractivity contribution in [3.63, 3.8) is 0 Å². The minimum absolute atomic E-state index is 0.0384. The number of amides is 1. The van der Waals surface area contributed by atoms with E-state index in [4.69, 9.17) is 4.74 Å². The van der Waals surface area contributed by atoms with Gasteiger partial charge < -0.3 is 15.0 Å². The zero-order valence-electron chi connectivity index (χ0n) is 16.3. The van der Waals surface area contributed by atoms with Crippen LogP contribution in [0.3, 0.4) is 0 Å². The second kappa shape index (κ2) is 8.81. The number of carbonyl (C=O) groups is 2. The molecule has 0 aliphatic carbocycles. The topological polar surface area (TPSA) is 156 Å². The number of rotatable bonds is 7. The highest BCUT2D eigenvalue weighted by Crippen LogP contribution is 2.17. The van der Waals surface area contributed by atoms with Crippen molar-refractivity contribution in [3.8, 4) is 0 Å². The van der Waals surface area contributed by atoms with Crippen LogP contribution in [0.4, 0.5) is 11.6 Å². The van der Waals surface area contributed by atoms with Gasteiger partial charge in [0.2, 0.25) is 5.95 Å². The molecule has 1 amide bonds. The molecule has 0 aliphatic heterocycles. The van der Waals surface area contributed by atoms with Gasteiger partial charge in [0.05, 0.1) is 27.8 Å². The maximum absolute atomic E-state index is 12.4. The fourth-order valence-electron chi connectivity index (χ4n) is 2.72. The Labute approximate surface area is 181 Å². The summed E-state index contributed by atoms with van der Waals surface area (Å²) in [5.41, 5.74) is 1.99. The Bertz CT molecular complexity index is 1370. The molecule has 4 rings (SSSR count). The summed E-state index contributed by atoms with van der Waals surface area (Å²) < 4.78 is 32.0. The van der Waals surface area contributed by atoms with Crippen LogP contribution in [-0.2, 0) is 19.6 Å². The Morgan fingerprint density at radius 1 is 1.00 bits per heavy atom. The lowest BCUT2D eigenvalue weighted by molar-refractivity contribution is -0.119. The molecule has 2 heterocycles. The number of anilines is 2. The number of aromatic amines is 1. The van der Waals surface area contributed by atoms with Crippen molar-refractivity contribution in [3.05, 3.63) is 72.8 Å². The Morgan fingerprint density at radius 2 is 1.75 bits per heavy atom. The largest absolute Gasteiger partial charge is 0.452 e. The van der Waals surface area contributed by atoms with Crippen molar-refractivity contribution < 1.29 is 22.7 Å². The van der Waals surface area contributed by atoms with E-state index in [1.807, 2.05) is 0 Å². The number of carbonyl (C=O) groups excluding carboxylic acids is 2. The summed E-state index contributed by atoms with van der Waals surface area (Å²) in [6.45, 7) is -0.507. The van der Waals surface area contributed by atoms with E-state index in [1.54, 1.807) is 24.3 Å². The summed E-state index contributed by atoms with van der Waals surface area (Å²) in [7, 11) is -3.89. The number of nitrogens with zero attached hydrogens (tertiary/aromatic N) is 3. The second-order valence-electron chi connectivity index (χ2n) is 6.46. The molecule has 0 spiro atoms. The molecule has 4 aromatic rings. The average Bonchev–Trinajstić information content (AvgIpc) is 3.26. The van der Waals surface area contributed by atoms with Gasteiger partial charge in [-0.05, 0) is 48.5 Å². The van der Waals surface area contributed by atoms with Gasteiger partial charge in [-0.1, -0.05) is 0 Å². The van der Waals surface area contributed by atoms with Gasteiger partial charge in [0.1, 0.15) is 0 Å². The molecule has 162 valence electrons. The van der Waals surface area contributed by atoms with Crippen LogP contribution in [0.1, 0.15) is 10.4 Å². The number of sulfonamides is 1. The third-order valence-corrected chi connectivity index (χ3v) is 5.57. The van der Waals surface area contributed by atoms with Crippen molar-refractivity contribution in [1.82, 2.24) is 19.9 Å². The van der Waals surface area contributed by atoms with Gasteiger partial charge in [-0.15, -0.1) is 0 Å². The minimum atomic E-state index is -3.89. The van der Waals surface area contributed by atoms with Crippen LogP contribution in [0.25, 0.3) is 11.0 Å². The Morgan fingerprint density at radius 3 is 2.50 bits per heavy atom. The van der Waals surface area contributed by atoms with E-state index >= 15 is 0 Å². The number of fused-ring (bicyclic) bond motifs is 1. The molecule has 0 radical (unpaired) electrons. The van der Waals surface area contributed by atoms with E-state index < -0.39 is 28.5 Å². The van der Waals surface area contributed by atoms with Gasteiger partial charge in [-0.25, -0.2) is 32.9 Å². The molecule has 11 nitrogen and oxygen atoms in total. The summed E-state index contributed by atoms with van der Waals surface area (Å²) in [5, 5.41) is 2.53. The fourth-order valence-corrected chi connectivity index (χ4v) is 3.68. The highest BCUT2D eigenvalue weighted by atomic mass is 32.2. The molecule has 12 heteroatoms. The Kier molecular flexibility index (Phi) is 5.77. The lowest BCUT2D eigenvalue weighted by Crippen LogP contribution is -2.21. The normalized spacial score (nSPS) is 11.1. The molecule has 2 aromatic carbocycles. The number of hydrogen-bond donors (Lipinski definition) is 3. The number of aromatic nitrogens is 4. The quantitative estimate of drug-likeness (QED) is 0.359. The van der Waals surface area contributed by atoms with Crippen LogP contribution < -0.4 is 10.0 Å². The monoisotopic (exact) mass is 452 g/mol. The van der Waals surface area contributed by atoms with Crippen LogP contribution in [0, 0.1) is 0 Å². The summed E-state index contributed by atoms with van der Waals surface area (Å²) in [6.07, 6.45) is 4.33. The maximum atomic E-state index is 12.4. The lowest BCUT2D eigenvalue weighted by Gasteiger charge is -2.09. The number of H-pyrrole nitrogens is 1. The van der Waals surface area contributed by atoms with Crippen LogP contribution in [-0.4, -0.2) is 46.8 Å². The zero-order chi connectivity index (χ0) is 22.6. The molecule has 0 aliphatic rings. The molecule has 3 N–H and O–H groups in total. The number of imidazole rings is 1. The first-order valence-corrected chi connectivity index (χ1v) is 10.7. The van der Waals surface area contributed by atoms with Crippen molar-refractivity contribution in [2.45, 2.75) is 4.90 Å². The van der Waals surface area contributed by atoms with Gasteiger partial charge in [0.25, 0.3) is 15.9 Å². The lowest BCUT2D eigenvalue weighted by atomic mass is 10.2. The predicted molar refractivity (Wildman–Crippen MR) is 114 cm³/mol. The first kappa shape index (κ1) is 20.9. The number of nitrogens with one attached hydrogen (secondary N) is 3. The number of benzene rings is 2. The van der Waals surface area contributed by atoms with Gasteiger partial charge in [0, 0.05) is 18.1 Å². The van der Waals surface area contributed by atoms with Gasteiger partial charge in [-0.2, -0.15) is 0 Å². The highest BCUT2D eigenvalue weighted by molar-refractivity contribution is 7.92. The molecular formula is C20H16N6O5S. The van der Waals surface area contributed by atoms with E-state index in [0.717, 1.165) is 0 Å². The number of esters is 1. The third kappa shape index (κ3) is 4.87. The van der Waals surface area contributed by atoms with Crippen molar-refractivity contribution in [1.29, 1.82) is 0 Å². The fraction of sp³-hybridized carbons (Fsp3) is 0.0500. The maximum Gasteiger partial charge on any atom is 0.338 e. The standard InChI is InChI=1S/C20H16N6O5S/c27-18(11-31-19(28)13-2-7-16-17(10-13)24-12-23-16)25-14-3-5-15(6-4-14)32(29,30)26-20-21-8-1-9-22-20/h1-10,12H,11H2,(H,23,24)(H,25,27)(H,21,22,26). The van der Waals surface area contributed by atoms with E-state index in [1.165, 1.54) is 43.0 Å². The molecule has 0 fully saturated rings. The first-order valence-electron chi connectivity index (χ1n) is 9.21. The van der Waals surface area contributed by atoms with E-state index in [0.29, 0.717) is 16.7 Å². The number of ether oxygens (including phenoxy) is 1. The summed E-state index contributed by atoms with van der Waals surface area (Å²) in [4.78, 5) is 38.8. The summed E-state index contributed by atoms with van der Waals surface area (Å²) in [5.74, 6) is -1.29. The zero-order valence-corrected chi connectivity index (χ0v) is 17.2. The summed E-state index contributed by atoms with van der Waals surface area (Å²) in [6, 6.07) is 11.8. The van der Waals surface area contributed by atoms with Crippen LogP contribution in [0.2, 0.25) is 0 Å².